The third-order valence-electron chi connectivity index (χ3n) is 5.59. The Morgan fingerprint density at radius 1 is 1.32 bits per heavy atom. The van der Waals surface area contributed by atoms with Crippen LogP contribution in [0.4, 0.5) is 0 Å². The summed E-state index contributed by atoms with van der Waals surface area (Å²) in [6.07, 6.45) is 6.35. The van der Waals surface area contributed by atoms with Crippen molar-refractivity contribution in [1.82, 2.24) is 24.8 Å². The van der Waals surface area contributed by atoms with Crippen LogP contribution in [-0.4, -0.2) is 85.4 Å². The van der Waals surface area contributed by atoms with Crippen molar-refractivity contribution < 1.29 is 19.7 Å². The second-order valence-corrected chi connectivity index (χ2v) is 9.45. The van der Waals surface area contributed by atoms with Crippen LogP contribution in [0.1, 0.15) is 49.2 Å². The molecule has 0 saturated heterocycles. The van der Waals surface area contributed by atoms with Gasteiger partial charge in [0, 0.05) is 55.3 Å². The van der Waals surface area contributed by atoms with Crippen LogP contribution in [0.3, 0.4) is 0 Å². The van der Waals surface area contributed by atoms with E-state index in [0.717, 1.165) is 5.56 Å². The molecule has 3 atom stereocenters. The Labute approximate surface area is 200 Å². The maximum Gasteiger partial charge on any atom is 0.259 e. The molecule has 0 fully saturated rings. The standard InChI is InChI=1S/C25H33N5O4/c1-17-12-30(18(2)15-31)24(32)21-8-19(6-7-25(3,4)33)11-28-23(21)34-22(17)14-29(5)13-20-9-26-16-27-10-20/h8-11,16-18,22,31,33H,12-15H2,1-5H3/t17-,18+,22+/m1/s1. The minimum Gasteiger partial charge on any atom is -0.472 e. The molecule has 9 heteroatoms. The van der Waals surface area contributed by atoms with Gasteiger partial charge in [-0.2, -0.15) is 0 Å². The molecule has 0 saturated carbocycles. The van der Waals surface area contributed by atoms with Crippen LogP contribution in [0, 0.1) is 17.8 Å². The lowest BCUT2D eigenvalue weighted by molar-refractivity contribution is 0.0325. The van der Waals surface area contributed by atoms with Crippen molar-refractivity contribution in [3.8, 4) is 17.7 Å². The molecule has 3 rings (SSSR count). The van der Waals surface area contributed by atoms with Gasteiger partial charge in [-0.05, 0) is 33.9 Å². The highest BCUT2D eigenvalue weighted by Gasteiger charge is 2.34. The Kier molecular flexibility index (Phi) is 8.20. The van der Waals surface area contributed by atoms with Crippen molar-refractivity contribution in [3.05, 3.63) is 47.7 Å². The summed E-state index contributed by atoms with van der Waals surface area (Å²) in [6, 6.07) is 1.27. The third kappa shape index (κ3) is 6.73. The maximum absolute atomic E-state index is 13.4. The van der Waals surface area contributed by atoms with E-state index in [0.29, 0.717) is 30.8 Å². The van der Waals surface area contributed by atoms with E-state index in [4.69, 9.17) is 4.74 Å². The predicted molar refractivity (Wildman–Crippen MR) is 127 cm³/mol. The van der Waals surface area contributed by atoms with E-state index in [2.05, 4.69) is 31.7 Å². The van der Waals surface area contributed by atoms with E-state index in [1.165, 1.54) is 6.33 Å². The molecule has 3 heterocycles. The topological polar surface area (TPSA) is 112 Å². The minimum absolute atomic E-state index is 0.0166. The van der Waals surface area contributed by atoms with Crippen molar-refractivity contribution in [1.29, 1.82) is 0 Å². The SMILES string of the molecule is C[C@@H]1CN([C@@H](C)CO)C(=O)c2cc(C#CC(C)(C)O)cnc2O[C@H]1CN(C)Cc1cncnc1. The van der Waals surface area contributed by atoms with E-state index < -0.39 is 5.60 Å². The zero-order valence-corrected chi connectivity index (χ0v) is 20.4. The normalized spacial score (nSPS) is 19.4. The quantitative estimate of drug-likeness (QED) is 0.613. The summed E-state index contributed by atoms with van der Waals surface area (Å²) in [6.45, 7) is 8.53. The van der Waals surface area contributed by atoms with E-state index in [9.17, 15) is 15.0 Å². The molecule has 0 unspecified atom stereocenters. The summed E-state index contributed by atoms with van der Waals surface area (Å²) < 4.78 is 6.30. The van der Waals surface area contributed by atoms with Gasteiger partial charge in [-0.25, -0.2) is 15.0 Å². The first kappa shape index (κ1) is 25.6. The average Bonchev–Trinajstić information content (AvgIpc) is 2.79. The first-order valence-corrected chi connectivity index (χ1v) is 11.3. The van der Waals surface area contributed by atoms with Gasteiger partial charge in [-0.1, -0.05) is 18.8 Å². The summed E-state index contributed by atoms with van der Waals surface area (Å²) in [5, 5.41) is 19.7. The van der Waals surface area contributed by atoms with Gasteiger partial charge in [0.15, 0.2) is 0 Å². The molecule has 0 bridgehead atoms. The number of nitrogens with zero attached hydrogens (tertiary/aromatic N) is 5. The summed E-state index contributed by atoms with van der Waals surface area (Å²) >= 11 is 0. The van der Waals surface area contributed by atoms with Gasteiger partial charge in [0.1, 0.15) is 23.6 Å². The number of pyridine rings is 1. The minimum atomic E-state index is -1.17. The van der Waals surface area contributed by atoms with Gasteiger partial charge in [0.25, 0.3) is 5.91 Å². The van der Waals surface area contributed by atoms with Gasteiger partial charge in [-0.15, -0.1) is 0 Å². The summed E-state index contributed by atoms with van der Waals surface area (Å²) in [7, 11) is 1.99. The molecule has 0 radical (unpaired) electrons. The molecule has 1 amide bonds. The number of ether oxygens (including phenoxy) is 1. The molecule has 1 aliphatic heterocycles. The van der Waals surface area contributed by atoms with Crippen molar-refractivity contribution in [2.24, 2.45) is 5.92 Å². The molecule has 2 aromatic rings. The highest BCUT2D eigenvalue weighted by atomic mass is 16.5. The molecule has 0 aliphatic carbocycles. The van der Waals surface area contributed by atoms with E-state index >= 15 is 0 Å². The van der Waals surface area contributed by atoms with Gasteiger partial charge in [0.2, 0.25) is 5.88 Å². The van der Waals surface area contributed by atoms with Crippen molar-refractivity contribution in [2.45, 2.75) is 52.0 Å². The van der Waals surface area contributed by atoms with Crippen LogP contribution in [-0.2, 0) is 6.54 Å². The highest BCUT2D eigenvalue weighted by molar-refractivity contribution is 5.97. The molecule has 9 nitrogen and oxygen atoms in total. The number of likely N-dealkylation sites (N-methyl/N-ethyl adjacent to an activating group) is 1. The molecule has 0 aromatic carbocycles. The Morgan fingerprint density at radius 2 is 2.03 bits per heavy atom. The smallest absolute Gasteiger partial charge is 0.259 e. The predicted octanol–water partition coefficient (Wildman–Crippen LogP) is 1.35. The van der Waals surface area contributed by atoms with E-state index in [-0.39, 0.29) is 36.5 Å². The van der Waals surface area contributed by atoms with Crippen molar-refractivity contribution in [2.75, 3.05) is 26.7 Å². The van der Waals surface area contributed by atoms with Crippen LogP contribution in [0.5, 0.6) is 5.88 Å². The number of hydrogen-bond donors (Lipinski definition) is 2. The van der Waals surface area contributed by atoms with Gasteiger partial charge < -0.3 is 19.8 Å². The fraction of sp³-hybridized carbons (Fsp3) is 0.520. The zero-order chi connectivity index (χ0) is 24.9. The second-order valence-electron chi connectivity index (χ2n) is 9.45. The van der Waals surface area contributed by atoms with Crippen LogP contribution < -0.4 is 4.74 Å². The molecule has 2 N–H and O–H groups in total. The van der Waals surface area contributed by atoms with Crippen molar-refractivity contribution in [3.63, 3.8) is 0 Å². The Morgan fingerprint density at radius 3 is 2.68 bits per heavy atom. The van der Waals surface area contributed by atoms with Crippen LogP contribution in [0.15, 0.2) is 31.0 Å². The van der Waals surface area contributed by atoms with E-state index in [1.54, 1.807) is 43.4 Å². The molecule has 182 valence electrons. The first-order chi connectivity index (χ1) is 16.1. The zero-order valence-electron chi connectivity index (χ0n) is 20.4. The molecular formula is C25H33N5O4. The number of aromatic nitrogens is 3. The number of rotatable bonds is 6. The summed E-state index contributed by atoms with van der Waals surface area (Å²) in [5.41, 5.74) is 0.610. The molecule has 0 spiro atoms. The lowest BCUT2D eigenvalue weighted by Crippen LogP contribution is -2.49. The maximum atomic E-state index is 13.4. The average molecular weight is 468 g/mol. The number of carbonyl (C=O) groups excluding carboxylic acids is 1. The third-order valence-corrected chi connectivity index (χ3v) is 5.59. The Hall–Kier alpha value is -3.06. The van der Waals surface area contributed by atoms with E-state index in [1.807, 2.05) is 20.9 Å². The molecule has 1 aliphatic rings. The fourth-order valence-corrected chi connectivity index (χ4v) is 3.71. The van der Waals surface area contributed by atoms with Gasteiger partial charge >= 0.3 is 0 Å². The van der Waals surface area contributed by atoms with Crippen molar-refractivity contribution >= 4 is 5.91 Å². The molecular weight excluding hydrogens is 434 g/mol. The second kappa shape index (κ2) is 10.9. The summed E-state index contributed by atoms with van der Waals surface area (Å²) in [4.78, 5) is 29.8. The number of hydrogen-bond acceptors (Lipinski definition) is 8. The largest absolute Gasteiger partial charge is 0.472 e. The van der Waals surface area contributed by atoms with Gasteiger partial charge in [-0.3, -0.25) is 9.69 Å². The lowest BCUT2D eigenvalue weighted by atomic mass is 9.99. The first-order valence-electron chi connectivity index (χ1n) is 11.3. The number of carbonyl (C=O) groups is 1. The van der Waals surface area contributed by atoms with Crippen LogP contribution in [0.25, 0.3) is 0 Å². The number of aliphatic hydroxyl groups excluding tert-OH is 1. The molecule has 2 aromatic heterocycles. The van der Waals surface area contributed by atoms with Crippen LogP contribution >= 0.6 is 0 Å². The van der Waals surface area contributed by atoms with Crippen LogP contribution in [0.2, 0.25) is 0 Å². The lowest BCUT2D eigenvalue weighted by Gasteiger charge is -2.37. The number of fused-ring (bicyclic) bond motifs is 1. The number of amides is 1. The number of aliphatic hydroxyl groups is 2. The molecule has 34 heavy (non-hydrogen) atoms. The van der Waals surface area contributed by atoms with Gasteiger partial charge in [0.05, 0.1) is 12.6 Å². The fourth-order valence-electron chi connectivity index (χ4n) is 3.71. The Balaban J connectivity index is 1.92. The summed E-state index contributed by atoms with van der Waals surface area (Å²) in [5.74, 6) is 5.57. The Bertz CT molecular complexity index is 1040. The highest BCUT2D eigenvalue weighted by Crippen LogP contribution is 2.27. The monoisotopic (exact) mass is 467 g/mol.